The van der Waals surface area contributed by atoms with Gasteiger partial charge >= 0.3 is 0 Å². The van der Waals surface area contributed by atoms with Gasteiger partial charge in [0.15, 0.2) is 0 Å². The van der Waals surface area contributed by atoms with E-state index in [4.69, 9.17) is 4.42 Å². The molecule has 0 amide bonds. The first-order valence-corrected chi connectivity index (χ1v) is 5.65. The molecule has 0 saturated carbocycles. The molecule has 3 rings (SSSR count). The van der Waals surface area contributed by atoms with Gasteiger partial charge in [0.1, 0.15) is 11.6 Å². The molecular formula is C13H12FNO2. The Hall–Kier alpha value is -1.68. The molecule has 0 bridgehead atoms. The molecule has 1 aliphatic carbocycles. The molecular weight excluding hydrogens is 221 g/mol. The van der Waals surface area contributed by atoms with Gasteiger partial charge < -0.3 is 9.52 Å². The second-order valence-electron chi connectivity index (χ2n) is 4.30. The van der Waals surface area contributed by atoms with Gasteiger partial charge in [-0.25, -0.2) is 9.37 Å². The molecule has 0 saturated heterocycles. The number of rotatable bonds is 1. The summed E-state index contributed by atoms with van der Waals surface area (Å²) in [4.78, 5) is 4.32. The number of aliphatic hydroxyl groups excluding tert-OH is 1. The molecule has 4 heteroatoms. The van der Waals surface area contributed by atoms with Gasteiger partial charge in [-0.3, -0.25) is 0 Å². The van der Waals surface area contributed by atoms with Gasteiger partial charge in [0, 0.05) is 18.4 Å². The third kappa shape index (κ3) is 1.96. The van der Waals surface area contributed by atoms with Gasteiger partial charge in [-0.2, -0.15) is 0 Å². The average Bonchev–Trinajstić information content (AvgIpc) is 2.72. The second-order valence-corrected chi connectivity index (χ2v) is 4.30. The van der Waals surface area contributed by atoms with Gasteiger partial charge in [0.25, 0.3) is 0 Å². The number of fused-ring (bicyclic) bond motifs is 1. The lowest BCUT2D eigenvalue weighted by Crippen LogP contribution is -2.17. The number of aromatic nitrogens is 1. The van der Waals surface area contributed by atoms with Crippen molar-refractivity contribution in [2.75, 3.05) is 0 Å². The van der Waals surface area contributed by atoms with E-state index in [-0.39, 0.29) is 11.9 Å². The van der Waals surface area contributed by atoms with Gasteiger partial charge in [0.05, 0.1) is 11.8 Å². The van der Waals surface area contributed by atoms with Crippen LogP contribution in [-0.2, 0) is 12.8 Å². The Bertz CT molecular complexity index is 550. The Morgan fingerprint density at radius 2 is 2.29 bits per heavy atom. The van der Waals surface area contributed by atoms with E-state index in [0.717, 1.165) is 11.5 Å². The number of benzene rings is 1. The smallest absolute Gasteiger partial charge is 0.226 e. The van der Waals surface area contributed by atoms with Crippen molar-refractivity contribution >= 4 is 0 Å². The molecule has 1 N–H and O–H groups in total. The highest BCUT2D eigenvalue weighted by Crippen LogP contribution is 2.27. The van der Waals surface area contributed by atoms with Crippen molar-refractivity contribution in [2.24, 2.45) is 0 Å². The molecule has 0 aliphatic heterocycles. The van der Waals surface area contributed by atoms with Crippen molar-refractivity contribution in [1.82, 2.24) is 4.98 Å². The van der Waals surface area contributed by atoms with E-state index in [1.165, 1.54) is 12.1 Å². The number of nitrogens with zero attached hydrogens (tertiary/aromatic N) is 1. The van der Waals surface area contributed by atoms with Gasteiger partial charge in [0.2, 0.25) is 5.89 Å². The number of hydrogen-bond donors (Lipinski definition) is 1. The standard InChI is InChI=1S/C13H12FNO2/c14-9-3-1-2-8(6-9)13-15-11-7-10(16)4-5-12(11)17-13/h1-3,6,10,16H,4-5,7H2. The van der Waals surface area contributed by atoms with Crippen LogP contribution >= 0.6 is 0 Å². The highest BCUT2D eigenvalue weighted by molar-refractivity contribution is 5.53. The summed E-state index contributed by atoms with van der Waals surface area (Å²) in [5.41, 5.74) is 1.43. The van der Waals surface area contributed by atoms with Crippen LogP contribution in [0.1, 0.15) is 17.9 Å². The maximum absolute atomic E-state index is 13.1. The van der Waals surface area contributed by atoms with Crippen molar-refractivity contribution in [3.63, 3.8) is 0 Å². The van der Waals surface area contributed by atoms with Crippen molar-refractivity contribution in [3.8, 4) is 11.5 Å². The van der Waals surface area contributed by atoms with E-state index in [1.807, 2.05) is 0 Å². The summed E-state index contributed by atoms with van der Waals surface area (Å²) < 4.78 is 18.7. The van der Waals surface area contributed by atoms with Crippen molar-refractivity contribution < 1.29 is 13.9 Å². The molecule has 0 radical (unpaired) electrons. The molecule has 2 aromatic rings. The molecule has 1 aliphatic rings. The lowest BCUT2D eigenvalue weighted by atomic mass is 9.99. The van der Waals surface area contributed by atoms with Crippen molar-refractivity contribution in [2.45, 2.75) is 25.4 Å². The van der Waals surface area contributed by atoms with Crippen LogP contribution in [0.4, 0.5) is 4.39 Å². The van der Waals surface area contributed by atoms with Gasteiger partial charge in [-0.05, 0) is 24.6 Å². The van der Waals surface area contributed by atoms with Gasteiger partial charge in [-0.1, -0.05) is 6.07 Å². The van der Waals surface area contributed by atoms with Crippen LogP contribution in [0, 0.1) is 5.82 Å². The van der Waals surface area contributed by atoms with Crippen LogP contribution in [0.15, 0.2) is 28.7 Å². The molecule has 0 spiro atoms. The SMILES string of the molecule is OC1CCc2oc(-c3cccc(F)c3)nc2C1. The van der Waals surface area contributed by atoms with E-state index < -0.39 is 0 Å². The predicted molar refractivity (Wildman–Crippen MR) is 59.9 cm³/mol. The molecule has 1 aromatic heterocycles. The largest absolute Gasteiger partial charge is 0.441 e. The third-order valence-electron chi connectivity index (χ3n) is 2.98. The van der Waals surface area contributed by atoms with Crippen molar-refractivity contribution in [1.29, 1.82) is 0 Å². The first-order valence-electron chi connectivity index (χ1n) is 5.65. The summed E-state index contributed by atoms with van der Waals surface area (Å²) in [7, 11) is 0. The zero-order valence-electron chi connectivity index (χ0n) is 9.19. The Balaban J connectivity index is 2.00. The van der Waals surface area contributed by atoms with Crippen molar-refractivity contribution in [3.05, 3.63) is 41.5 Å². The number of hydrogen-bond acceptors (Lipinski definition) is 3. The highest BCUT2D eigenvalue weighted by Gasteiger charge is 2.22. The van der Waals surface area contributed by atoms with E-state index in [9.17, 15) is 9.50 Å². The number of aryl methyl sites for hydroxylation is 1. The van der Waals surface area contributed by atoms with E-state index in [2.05, 4.69) is 4.98 Å². The lowest BCUT2D eigenvalue weighted by molar-refractivity contribution is 0.153. The van der Waals surface area contributed by atoms with Crippen LogP contribution in [0.2, 0.25) is 0 Å². The van der Waals surface area contributed by atoms with E-state index in [1.54, 1.807) is 12.1 Å². The summed E-state index contributed by atoms with van der Waals surface area (Å²) in [6.07, 6.45) is 1.57. The van der Waals surface area contributed by atoms with Crippen LogP contribution < -0.4 is 0 Å². The maximum Gasteiger partial charge on any atom is 0.226 e. The molecule has 1 atom stereocenters. The predicted octanol–water partition coefficient (Wildman–Crippen LogP) is 2.33. The summed E-state index contributed by atoms with van der Waals surface area (Å²) in [5.74, 6) is 0.942. The minimum absolute atomic E-state index is 0.307. The maximum atomic E-state index is 13.1. The van der Waals surface area contributed by atoms with Crippen LogP contribution in [-0.4, -0.2) is 16.2 Å². The summed E-state index contributed by atoms with van der Waals surface area (Å²) in [5, 5.41) is 9.54. The second kappa shape index (κ2) is 3.96. The average molecular weight is 233 g/mol. The quantitative estimate of drug-likeness (QED) is 0.822. The zero-order chi connectivity index (χ0) is 11.8. The Morgan fingerprint density at radius 3 is 3.12 bits per heavy atom. The fourth-order valence-corrected chi connectivity index (χ4v) is 2.11. The highest BCUT2D eigenvalue weighted by atomic mass is 19.1. The minimum Gasteiger partial charge on any atom is -0.441 e. The van der Waals surface area contributed by atoms with E-state index in [0.29, 0.717) is 30.7 Å². The molecule has 1 heterocycles. The van der Waals surface area contributed by atoms with Gasteiger partial charge in [-0.15, -0.1) is 0 Å². The Labute approximate surface area is 97.9 Å². The topological polar surface area (TPSA) is 46.3 Å². The lowest BCUT2D eigenvalue weighted by Gasteiger charge is -2.13. The molecule has 1 aromatic carbocycles. The minimum atomic E-state index is -0.340. The monoisotopic (exact) mass is 233 g/mol. The van der Waals surface area contributed by atoms with Crippen LogP contribution in [0.5, 0.6) is 0 Å². The first kappa shape index (κ1) is 10.5. The normalized spacial score (nSPS) is 19.1. The van der Waals surface area contributed by atoms with E-state index >= 15 is 0 Å². The molecule has 1 unspecified atom stereocenters. The molecule has 0 fully saturated rings. The number of halogens is 1. The van der Waals surface area contributed by atoms with Crippen LogP contribution in [0.3, 0.4) is 0 Å². The Morgan fingerprint density at radius 1 is 1.41 bits per heavy atom. The summed E-state index contributed by atoms with van der Waals surface area (Å²) in [6, 6.07) is 6.17. The van der Waals surface area contributed by atoms with Crippen LogP contribution in [0.25, 0.3) is 11.5 Å². The molecule has 17 heavy (non-hydrogen) atoms. The zero-order valence-corrected chi connectivity index (χ0v) is 9.19. The fourth-order valence-electron chi connectivity index (χ4n) is 2.11. The number of oxazole rings is 1. The first-order chi connectivity index (χ1) is 8.22. The third-order valence-corrected chi connectivity index (χ3v) is 2.98. The summed E-state index contributed by atoms with van der Waals surface area (Å²) in [6.45, 7) is 0. The fraction of sp³-hybridized carbons (Fsp3) is 0.308. The molecule has 88 valence electrons. The number of aliphatic hydroxyl groups is 1. The molecule has 3 nitrogen and oxygen atoms in total. The summed E-state index contributed by atoms with van der Waals surface area (Å²) >= 11 is 0. The Kier molecular flexibility index (Phi) is 2.44.